The third-order valence-electron chi connectivity index (χ3n) is 3.27. The van der Waals surface area contributed by atoms with Crippen LogP contribution in [0.4, 0.5) is 0 Å². The highest BCUT2D eigenvalue weighted by Gasteiger charge is 2.29. The minimum absolute atomic E-state index is 0.240. The van der Waals surface area contributed by atoms with Crippen LogP contribution in [0.15, 0.2) is 6.07 Å². The molecule has 2 N–H and O–H groups in total. The molecule has 1 fully saturated rings. The Hall–Kier alpha value is -2.18. The predicted octanol–water partition coefficient (Wildman–Crippen LogP) is 0.000400. The van der Waals surface area contributed by atoms with Crippen LogP contribution in [0.2, 0.25) is 0 Å². The van der Waals surface area contributed by atoms with Crippen molar-refractivity contribution < 1.29 is 14.4 Å². The van der Waals surface area contributed by atoms with Crippen LogP contribution in [0.3, 0.4) is 0 Å². The number of carbonyl (C=O) groups excluding carboxylic acids is 3. The van der Waals surface area contributed by atoms with Crippen molar-refractivity contribution in [2.75, 3.05) is 0 Å². The van der Waals surface area contributed by atoms with Crippen molar-refractivity contribution in [3.05, 3.63) is 17.5 Å². The first kappa shape index (κ1) is 14.2. The van der Waals surface area contributed by atoms with Gasteiger partial charge in [0.25, 0.3) is 5.91 Å². The van der Waals surface area contributed by atoms with Gasteiger partial charge in [-0.15, -0.1) is 0 Å². The molecular weight excluding hydrogens is 260 g/mol. The van der Waals surface area contributed by atoms with Crippen molar-refractivity contribution in [3.63, 3.8) is 0 Å². The molecule has 1 aromatic heterocycles. The van der Waals surface area contributed by atoms with E-state index in [1.165, 1.54) is 0 Å². The summed E-state index contributed by atoms with van der Waals surface area (Å²) in [5.74, 6) is -1.09. The summed E-state index contributed by atoms with van der Waals surface area (Å²) in [6, 6.07) is 1.07. The Labute approximate surface area is 116 Å². The summed E-state index contributed by atoms with van der Waals surface area (Å²) < 4.78 is 1.61. The number of nitrogens with zero attached hydrogens (tertiary/aromatic N) is 2. The van der Waals surface area contributed by atoms with Crippen LogP contribution in [0.25, 0.3) is 0 Å². The molecule has 7 nitrogen and oxygen atoms in total. The summed E-state index contributed by atoms with van der Waals surface area (Å²) in [5.41, 5.74) is 1.27. The van der Waals surface area contributed by atoms with E-state index in [-0.39, 0.29) is 18.2 Å². The quantitative estimate of drug-likeness (QED) is 0.758. The van der Waals surface area contributed by atoms with E-state index in [9.17, 15) is 14.4 Å². The lowest BCUT2D eigenvalue weighted by atomic mass is 10.1. The van der Waals surface area contributed by atoms with Crippen LogP contribution in [0, 0.1) is 0 Å². The molecule has 0 spiro atoms. The summed E-state index contributed by atoms with van der Waals surface area (Å²) in [4.78, 5) is 34.9. The first-order valence-electron chi connectivity index (χ1n) is 6.76. The van der Waals surface area contributed by atoms with E-state index in [2.05, 4.69) is 15.7 Å². The Morgan fingerprint density at radius 2 is 2.25 bits per heavy atom. The smallest absolute Gasteiger partial charge is 0.270 e. The van der Waals surface area contributed by atoms with Gasteiger partial charge in [-0.2, -0.15) is 5.10 Å². The molecule has 0 aliphatic carbocycles. The van der Waals surface area contributed by atoms with Crippen LogP contribution in [0.1, 0.15) is 42.9 Å². The maximum Gasteiger partial charge on any atom is 0.270 e. The Morgan fingerprint density at radius 1 is 1.50 bits per heavy atom. The largest absolute Gasteiger partial charge is 0.339 e. The van der Waals surface area contributed by atoms with Gasteiger partial charge in [-0.3, -0.25) is 24.4 Å². The molecule has 1 aromatic rings. The summed E-state index contributed by atoms with van der Waals surface area (Å²) in [6.45, 7) is 4.44. The van der Waals surface area contributed by atoms with Crippen molar-refractivity contribution in [1.29, 1.82) is 0 Å². The molecule has 1 aliphatic rings. The fourth-order valence-corrected chi connectivity index (χ4v) is 2.13. The maximum atomic E-state index is 12.2. The fraction of sp³-hybridized carbons (Fsp3) is 0.538. The Balaban J connectivity index is 2.10. The van der Waals surface area contributed by atoms with Gasteiger partial charge >= 0.3 is 0 Å². The number of piperidine rings is 1. The second-order valence-corrected chi connectivity index (χ2v) is 4.67. The number of amides is 3. The molecule has 1 aliphatic heterocycles. The fourth-order valence-electron chi connectivity index (χ4n) is 2.13. The van der Waals surface area contributed by atoms with Gasteiger partial charge in [-0.25, -0.2) is 0 Å². The van der Waals surface area contributed by atoms with Crippen LogP contribution in [-0.4, -0.2) is 33.5 Å². The summed E-state index contributed by atoms with van der Waals surface area (Å²) in [5, 5.41) is 9.16. The molecular formula is C13H18N4O3. The van der Waals surface area contributed by atoms with Crippen LogP contribution in [-0.2, 0) is 22.6 Å². The molecule has 1 atom stereocenters. The zero-order chi connectivity index (χ0) is 14.7. The summed E-state index contributed by atoms with van der Waals surface area (Å²) in [7, 11) is 0. The molecule has 2 heterocycles. The van der Waals surface area contributed by atoms with E-state index in [1.807, 2.05) is 13.8 Å². The number of carbonyl (C=O) groups is 3. The molecule has 0 aromatic carbocycles. The number of rotatable bonds is 4. The maximum absolute atomic E-state index is 12.2. The summed E-state index contributed by atoms with van der Waals surface area (Å²) >= 11 is 0. The number of hydrogen-bond donors (Lipinski definition) is 2. The van der Waals surface area contributed by atoms with Gasteiger partial charge in [-0.05, 0) is 25.8 Å². The molecule has 0 saturated carbocycles. The molecule has 1 unspecified atom stereocenters. The molecule has 20 heavy (non-hydrogen) atoms. The minimum atomic E-state index is -0.662. The van der Waals surface area contributed by atoms with Crippen molar-refractivity contribution in [1.82, 2.24) is 20.4 Å². The number of aromatic nitrogens is 2. The Kier molecular flexibility index (Phi) is 4.16. The number of aryl methyl sites for hydroxylation is 2. The van der Waals surface area contributed by atoms with E-state index >= 15 is 0 Å². The number of hydrogen-bond acceptors (Lipinski definition) is 4. The summed E-state index contributed by atoms with van der Waals surface area (Å²) in [6.07, 6.45) is 1.31. The molecule has 3 amide bonds. The lowest BCUT2D eigenvalue weighted by molar-refractivity contribution is -0.134. The van der Waals surface area contributed by atoms with Crippen LogP contribution >= 0.6 is 0 Å². The van der Waals surface area contributed by atoms with Gasteiger partial charge in [-0.1, -0.05) is 6.92 Å². The molecule has 0 bridgehead atoms. The zero-order valence-corrected chi connectivity index (χ0v) is 11.6. The molecule has 108 valence electrons. The van der Waals surface area contributed by atoms with Crippen molar-refractivity contribution in [3.8, 4) is 0 Å². The number of nitrogens with one attached hydrogen (secondary N) is 2. The zero-order valence-electron chi connectivity index (χ0n) is 11.6. The minimum Gasteiger partial charge on any atom is -0.339 e. The van der Waals surface area contributed by atoms with Crippen molar-refractivity contribution in [2.45, 2.75) is 45.7 Å². The first-order valence-corrected chi connectivity index (χ1v) is 6.76. The van der Waals surface area contributed by atoms with E-state index in [4.69, 9.17) is 0 Å². The van der Waals surface area contributed by atoms with Gasteiger partial charge in [0.1, 0.15) is 11.7 Å². The monoisotopic (exact) mass is 278 g/mol. The van der Waals surface area contributed by atoms with Crippen molar-refractivity contribution in [2.24, 2.45) is 0 Å². The first-order chi connectivity index (χ1) is 9.55. The van der Waals surface area contributed by atoms with E-state index in [0.717, 1.165) is 12.1 Å². The highest BCUT2D eigenvalue weighted by Crippen LogP contribution is 2.09. The van der Waals surface area contributed by atoms with Crippen LogP contribution < -0.4 is 10.6 Å². The van der Waals surface area contributed by atoms with Gasteiger partial charge in [0, 0.05) is 13.0 Å². The second kappa shape index (κ2) is 5.85. The van der Waals surface area contributed by atoms with Crippen molar-refractivity contribution >= 4 is 17.7 Å². The van der Waals surface area contributed by atoms with E-state index in [0.29, 0.717) is 18.7 Å². The average molecular weight is 278 g/mol. The van der Waals surface area contributed by atoms with Gasteiger partial charge < -0.3 is 5.32 Å². The average Bonchev–Trinajstić information content (AvgIpc) is 2.85. The second-order valence-electron chi connectivity index (χ2n) is 4.67. The third-order valence-corrected chi connectivity index (χ3v) is 3.27. The van der Waals surface area contributed by atoms with Crippen LogP contribution in [0.5, 0.6) is 0 Å². The predicted molar refractivity (Wildman–Crippen MR) is 70.9 cm³/mol. The standard InChI is InChI=1S/C13H18N4O3/c1-3-8-7-10(17(4-2)16-8)13(20)14-9-5-6-11(18)15-12(9)19/h7,9H,3-6H2,1-2H3,(H,14,20)(H,15,18,19). The molecule has 2 rings (SSSR count). The lowest BCUT2D eigenvalue weighted by Gasteiger charge is -2.21. The Bertz CT molecular complexity index is 550. The highest BCUT2D eigenvalue weighted by atomic mass is 16.2. The molecule has 7 heteroatoms. The number of imide groups is 1. The normalized spacial score (nSPS) is 18.8. The third kappa shape index (κ3) is 2.87. The van der Waals surface area contributed by atoms with Gasteiger partial charge in [0.05, 0.1) is 5.69 Å². The Morgan fingerprint density at radius 3 is 2.85 bits per heavy atom. The lowest BCUT2D eigenvalue weighted by Crippen LogP contribution is -2.52. The van der Waals surface area contributed by atoms with E-state index < -0.39 is 11.9 Å². The SMILES string of the molecule is CCc1cc(C(=O)NC2CCC(=O)NC2=O)n(CC)n1. The molecule has 1 saturated heterocycles. The van der Waals surface area contributed by atoms with Gasteiger partial charge in [0.2, 0.25) is 11.8 Å². The highest BCUT2D eigenvalue weighted by molar-refractivity contribution is 6.03. The van der Waals surface area contributed by atoms with E-state index in [1.54, 1.807) is 10.7 Å². The topological polar surface area (TPSA) is 93.1 Å². The molecule has 0 radical (unpaired) electrons. The van der Waals surface area contributed by atoms with Gasteiger partial charge in [0.15, 0.2) is 0 Å².